The normalized spacial score (nSPS) is 15.5. The van der Waals surface area contributed by atoms with Gasteiger partial charge in [0.15, 0.2) is 5.11 Å². The molecule has 30 heavy (non-hydrogen) atoms. The van der Waals surface area contributed by atoms with Crippen LogP contribution in [0.4, 0.5) is 10.1 Å². The fourth-order valence-electron chi connectivity index (χ4n) is 3.21. The second-order valence-electron chi connectivity index (χ2n) is 6.75. The van der Waals surface area contributed by atoms with E-state index in [1.54, 1.807) is 24.3 Å². The zero-order valence-electron chi connectivity index (χ0n) is 16.7. The minimum absolute atomic E-state index is 0.0208. The Morgan fingerprint density at radius 2 is 1.80 bits per heavy atom. The van der Waals surface area contributed by atoms with Crippen LogP contribution in [0, 0.1) is 5.82 Å². The van der Waals surface area contributed by atoms with Crippen molar-refractivity contribution in [3.05, 3.63) is 65.0 Å². The van der Waals surface area contributed by atoms with Gasteiger partial charge in [-0.25, -0.2) is 4.39 Å². The molecule has 0 spiro atoms. The van der Waals surface area contributed by atoms with Gasteiger partial charge in [0.2, 0.25) is 0 Å². The maximum atomic E-state index is 13.1. The number of thiocarbonyl (C=S) groups is 1. The monoisotopic (exact) mass is 427 g/mol. The van der Waals surface area contributed by atoms with Gasteiger partial charge >= 0.3 is 0 Å². The molecule has 6 nitrogen and oxygen atoms in total. The van der Waals surface area contributed by atoms with Crippen LogP contribution in [0.1, 0.15) is 25.0 Å². The van der Waals surface area contributed by atoms with Crippen LogP contribution in [0.15, 0.2) is 48.0 Å². The number of rotatable bonds is 6. The van der Waals surface area contributed by atoms with Crippen molar-refractivity contribution < 1.29 is 19.1 Å². The van der Waals surface area contributed by atoms with Crippen molar-refractivity contribution in [2.75, 3.05) is 18.0 Å². The molecule has 2 aromatic rings. The molecule has 0 unspecified atom stereocenters. The molecule has 0 aromatic heterocycles. The van der Waals surface area contributed by atoms with E-state index in [9.17, 15) is 19.1 Å². The first kappa shape index (κ1) is 21.4. The highest BCUT2D eigenvalue weighted by molar-refractivity contribution is 7.80. The van der Waals surface area contributed by atoms with Crippen molar-refractivity contribution in [1.82, 2.24) is 10.2 Å². The molecule has 2 N–H and O–H groups in total. The van der Waals surface area contributed by atoms with Crippen LogP contribution >= 0.6 is 12.2 Å². The first-order chi connectivity index (χ1) is 14.3. The second kappa shape index (κ2) is 9.04. The summed E-state index contributed by atoms with van der Waals surface area (Å²) in [5, 5.41) is 12.9. The number of hydrogen-bond acceptors (Lipinski definition) is 5. The molecule has 1 saturated heterocycles. The summed E-state index contributed by atoms with van der Waals surface area (Å²) in [6, 6.07) is 10.8. The summed E-state index contributed by atoms with van der Waals surface area (Å²) < 4.78 is 13.1. The lowest BCUT2D eigenvalue weighted by Crippen LogP contribution is -2.53. The summed E-state index contributed by atoms with van der Waals surface area (Å²) in [7, 11) is 0. The van der Waals surface area contributed by atoms with Gasteiger partial charge in [0.25, 0.3) is 11.8 Å². The molecular weight excluding hydrogens is 405 g/mol. The largest absolute Gasteiger partial charge is 0.507 e. The Kier molecular flexibility index (Phi) is 6.47. The summed E-state index contributed by atoms with van der Waals surface area (Å²) in [5.41, 5.74) is 1.71. The van der Waals surface area contributed by atoms with E-state index in [1.807, 2.05) is 19.9 Å². The van der Waals surface area contributed by atoms with E-state index in [0.717, 1.165) is 18.8 Å². The number of carbonyl (C=O) groups excluding carboxylic acids is 2. The first-order valence-corrected chi connectivity index (χ1v) is 9.96. The van der Waals surface area contributed by atoms with E-state index < -0.39 is 11.8 Å². The van der Waals surface area contributed by atoms with Crippen LogP contribution in [0.2, 0.25) is 0 Å². The van der Waals surface area contributed by atoms with Gasteiger partial charge in [-0.1, -0.05) is 12.1 Å². The molecule has 0 atom stereocenters. The average Bonchev–Trinajstić information content (AvgIpc) is 2.72. The molecule has 1 aliphatic rings. The van der Waals surface area contributed by atoms with Crippen molar-refractivity contribution in [3.63, 3.8) is 0 Å². The summed E-state index contributed by atoms with van der Waals surface area (Å²) in [6.07, 6.45) is 1.35. The summed E-state index contributed by atoms with van der Waals surface area (Å²) in [4.78, 5) is 28.6. The first-order valence-electron chi connectivity index (χ1n) is 9.55. The number of halogens is 1. The predicted octanol–water partition coefficient (Wildman–Crippen LogP) is 3.20. The minimum Gasteiger partial charge on any atom is -0.507 e. The Balaban J connectivity index is 1.89. The van der Waals surface area contributed by atoms with Gasteiger partial charge in [-0.15, -0.1) is 0 Å². The van der Waals surface area contributed by atoms with Crippen molar-refractivity contribution in [2.45, 2.75) is 20.4 Å². The Bertz CT molecular complexity index is 1020. The van der Waals surface area contributed by atoms with Gasteiger partial charge in [0.1, 0.15) is 17.1 Å². The molecular formula is C22H22FN3O3S. The molecule has 1 fully saturated rings. The number of benzene rings is 2. The smallest absolute Gasteiger partial charge is 0.265 e. The second-order valence-corrected chi connectivity index (χ2v) is 7.14. The highest BCUT2D eigenvalue weighted by Gasteiger charge is 2.33. The van der Waals surface area contributed by atoms with Gasteiger partial charge in [0.05, 0.1) is 6.54 Å². The van der Waals surface area contributed by atoms with Gasteiger partial charge in [-0.2, -0.15) is 0 Å². The van der Waals surface area contributed by atoms with Crippen LogP contribution in [-0.2, 0) is 16.1 Å². The number of phenolic OH excluding ortho intramolecular Hbond substituents is 1. The van der Waals surface area contributed by atoms with Crippen LogP contribution < -0.4 is 10.2 Å². The Morgan fingerprint density at radius 1 is 1.13 bits per heavy atom. The molecule has 0 saturated carbocycles. The minimum atomic E-state index is -0.632. The number of hydrogen-bond donors (Lipinski definition) is 2. The third-order valence-corrected chi connectivity index (χ3v) is 5.20. The highest BCUT2D eigenvalue weighted by atomic mass is 32.1. The molecule has 156 valence electrons. The maximum absolute atomic E-state index is 13.1. The van der Waals surface area contributed by atoms with E-state index in [2.05, 4.69) is 10.2 Å². The van der Waals surface area contributed by atoms with Crippen molar-refractivity contribution in [3.8, 4) is 5.75 Å². The number of amides is 2. The molecule has 8 heteroatoms. The molecule has 1 aliphatic heterocycles. The molecule has 0 aliphatic carbocycles. The number of nitrogens with one attached hydrogen (secondary N) is 1. The zero-order chi connectivity index (χ0) is 21.8. The molecule has 0 bridgehead atoms. The Hall–Kier alpha value is -3.26. The molecule has 1 heterocycles. The quantitative estimate of drug-likeness (QED) is 0.421. The molecule has 2 aromatic carbocycles. The van der Waals surface area contributed by atoms with E-state index in [4.69, 9.17) is 12.2 Å². The van der Waals surface area contributed by atoms with E-state index in [1.165, 1.54) is 23.1 Å². The lowest BCUT2D eigenvalue weighted by atomic mass is 10.1. The van der Waals surface area contributed by atoms with Crippen molar-refractivity contribution in [1.29, 1.82) is 0 Å². The van der Waals surface area contributed by atoms with Crippen LogP contribution in [-0.4, -0.2) is 40.0 Å². The number of nitrogens with zero attached hydrogens (tertiary/aromatic N) is 2. The Labute approximate surface area is 179 Å². The topological polar surface area (TPSA) is 72.9 Å². The van der Waals surface area contributed by atoms with E-state index >= 15 is 0 Å². The van der Waals surface area contributed by atoms with E-state index in [0.29, 0.717) is 11.1 Å². The predicted molar refractivity (Wildman–Crippen MR) is 117 cm³/mol. The lowest BCUT2D eigenvalue weighted by Gasteiger charge is -2.29. The fourth-order valence-corrected chi connectivity index (χ4v) is 3.45. The summed E-state index contributed by atoms with van der Waals surface area (Å²) >= 11 is 5.14. The number of anilines is 1. The summed E-state index contributed by atoms with van der Waals surface area (Å²) in [6.45, 7) is 5.68. The van der Waals surface area contributed by atoms with Crippen LogP contribution in [0.5, 0.6) is 5.75 Å². The SMILES string of the molecule is CCN(CC)c1ccc(/C=C2\C(=O)NC(=S)N(Cc3ccc(F)cc3)C2=O)c(O)c1. The third-order valence-electron chi connectivity index (χ3n) is 4.88. The fraction of sp³-hybridized carbons (Fsp3) is 0.227. The van der Waals surface area contributed by atoms with Gasteiger partial charge in [-0.05, 0) is 62.0 Å². The maximum Gasteiger partial charge on any atom is 0.265 e. The van der Waals surface area contributed by atoms with Crippen molar-refractivity contribution in [2.24, 2.45) is 0 Å². The zero-order valence-corrected chi connectivity index (χ0v) is 17.5. The molecule has 2 amide bonds. The molecule has 3 rings (SSSR count). The summed E-state index contributed by atoms with van der Waals surface area (Å²) in [5.74, 6) is -1.64. The average molecular weight is 428 g/mol. The lowest BCUT2D eigenvalue weighted by molar-refractivity contribution is -0.129. The Morgan fingerprint density at radius 3 is 2.40 bits per heavy atom. The van der Waals surface area contributed by atoms with Gasteiger partial charge < -0.3 is 10.0 Å². The highest BCUT2D eigenvalue weighted by Crippen LogP contribution is 2.27. The van der Waals surface area contributed by atoms with Gasteiger partial charge in [-0.3, -0.25) is 19.8 Å². The van der Waals surface area contributed by atoms with E-state index in [-0.39, 0.29) is 28.8 Å². The standard InChI is InChI=1S/C22H22FN3O3S/c1-3-25(4-2)17-10-7-15(19(27)12-17)11-18-20(28)24-22(30)26(21(18)29)13-14-5-8-16(23)9-6-14/h5-12,27H,3-4,13H2,1-2H3,(H,24,28,30)/b18-11+. The van der Waals surface area contributed by atoms with Crippen LogP contribution in [0.3, 0.4) is 0 Å². The van der Waals surface area contributed by atoms with Crippen molar-refractivity contribution >= 4 is 40.9 Å². The third kappa shape index (κ3) is 4.49. The number of phenols is 1. The molecule has 0 radical (unpaired) electrons. The number of aromatic hydroxyl groups is 1. The van der Waals surface area contributed by atoms with Gasteiger partial charge in [0, 0.05) is 30.4 Å². The number of carbonyl (C=O) groups is 2. The van der Waals surface area contributed by atoms with Crippen LogP contribution in [0.25, 0.3) is 6.08 Å².